The molecule has 0 bridgehead atoms. The quantitative estimate of drug-likeness (QED) is 0.777. The summed E-state index contributed by atoms with van der Waals surface area (Å²) in [5, 5.41) is 0. The lowest BCUT2D eigenvalue weighted by atomic mass is 10.1. The van der Waals surface area contributed by atoms with Crippen LogP contribution in [0.25, 0.3) is 16.7 Å². The van der Waals surface area contributed by atoms with E-state index in [-0.39, 0.29) is 11.9 Å². The van der Waals surface area contributed by atoms with Crippen molar-refractivity contribution in [3.63, 3.8) is 0 Å². The van der Waals surface area contributed by atoms with Crippen LogP contribution in [-0.4, -0.2) is 9.55 Å². The van der Waals surface area contributed by atoms with Gasteiger partial charge in [0, 0.05) is 6.04 Å². The van der Waals surface area contributed by atoms with Crippen molar-refractivity contribution in [1.82, 2.24) is 9.55 Å². The van der Waals surface area contributed by atoms with Crippen LogP contribution in [0.1, 0.15) is 29.7 Å². The van der Waals surface area contributed by atoms with Crippen LogP contribution in [0.2, 0.25) is 0 Å². The van der Waals surface area contributed by atoms with Crippen molar-refractivity contribution in [3.05, 3.63) is 59.2 Å². The summed E-state index contributed by atoms with van der Waals surface area (Å²) in [7, 11) is 0. The van der Waals surface area contributed by atoms with Crippen molar-refractivity contribution < 1.29 is 4.39 Å². The van der Waals surface area contributed by atoms with Crippen LogP contribution in [0.4, 0.5) is 4.39 Å². The van der Waals surface area contributed by atoms with Gasteiger partial charge in [-0.05, 0) is 61.7 Å². The summed E-state index contributed by atoms with van der Waals surface area (Å²) in [5.41, 5.74) is 11.2. The largest absolute Gasteiger partial charge is 0.324 e. The molecule has 21 heavy (non-hydrogen) atoms. The average molecular weight is 283 g/mol. The summed E-state index contributed by atoms with van der Waals surface area (Å²) in [6, 6.07) is 8.98. The Morgan fingerprint density at radius 2 is 1.86 bits per heavy atom. The molecule has 0 fully saturated rings. The van der Waals surface area contributed by atoms with Gasteiger partial charge in [0.1, 0.15) is 12.1 Å². The topological polar surface area (TPSA) is 43.8 Å². The molecule has 0 spiro atoms. The monoisotopic (exact) mass is 283 g/mol. The molecule has 0 saturated heterocycles. The SMILES string of the molecule is Cc1cc2ncn(-c3ccc(C(C)N)cc3F)c2cc1C. The number of nitrogens with two attached hydrogens (primary N) is 1. The lowest BCUT2D eigenvalue weighted by molar-refractivity contribution is 0.614. The Bertz CT molecular complexity index is 818. The van der Waals surface area contributed by atoms with Crippen LogP contribution in [-0.2, 0) is 0 Å². The smallest absolute Gasteiger partial charge is 0.147 e. The number of aromatic nitrogens is 2. The zero-order chi connectivity index (χ0) is 15.1. The maximum absolute atomic E-state index is 14.4. The second-order valence-electron chi connectivity index (χ2n) is 5.54. The molecule has 1 atom stereocenters. The molecule has 3 nitrogen and oxygen atoms in total. The van der Waals surface area contributed by atoms with Crippen LogP contribution in [0.5, 0.6) is 0 Å². The molecule has 0 aliphatic heterocycles. The lowest BCUT2D eigenvalue weighted by Gasteiger charge is -2.10. The summed E-state index contributed by atoms with van der Waals surface area (Å²) < 4.78 is 16.2. The van der Waals surface area contributed by atoms with Gasteiger partial charge in [-0.1, -0.05) is 6.07 Å². The van der Waals surface area contributed by atoms with Gasteiger partial charge in [0.2, 0.25) is 0 Å². The van der Waals surface area contributed by atoms with E-state index in [4.69, 9.17) is 5.73 Å². The van der Waals surface area contributed by atoms with Crippen molar-refractivity contribution in [2.24, 2.45) is 5.73 Å². The van der Waals surface area contributed by atoms with Crippen molar-refractivity contribution in [2.45, 2.75) is 26.8 Å². The van der Waals surface area contributed by atoms with Crippen LogP contribution >= 0.6 is 0 Å². The average Bonchev–Trinajstić information content (AvgIpc) is 2.82. The van der Waals surface area contributed by atoms with Crippen LogP contribution in [0.15, 0.2) is 36.7 Å². The predicted octanol–water partition coefficient (Wildman–Crippen LogP) is 3.80. The summed E-state index contributed by atoms with van der Waals surface area (Å²) in [6.07, 6.45) is 1.66. The lowest BCUT2D eigenvalue weighted by Crippen LogP contribution is -2.06. The molecule has 0 aliphatic rings. The van der Waals surface area contributed by atoms with E-state index in [0.29, 0.717) is 5.69 Å². The molecule has 0 amide bonds. The minimum absolute atomic E-state index is 0.182. The highest BCUT2D eigenvalue weighted by molar-refractivity contribution is 5.79. The molecule has 4 heteroatoms. The van der Waals surface area contributed by atoms with Crippen LogP contribution < -0.4 is 5.73 Å². The van der Waals surface area contributed by atoms with Gasteiger partial charge in [0.25, 0.3) is 0 Å². The molecule has 1 aromatic heterocycles. The van der Waals surface area contributed by atoms with Crippen molar-refractivity contribution in [3.8, 4) is 5.69 Å². The zero-order valence-corrected chi connectivity index (χ0v) is 12.4. The Morgan fingerprint density at radius 3 is 2.52 bits per heavy atom. The number of rotatable bonds is 2. The van der Waals surface area contributed by atoms with Gasteiger partial charge in [-0.3, -0.25) is 4.57 Å². The maximum atomic E-state index is 14.4. The fourth-order valence-electron chi connectivity index (χ4n) is 2.46. The minimum Gasteiger partial charge on any atom is -0.324 e. The normalized spacial score (nSPS) is 12.8. The maximum Gasteiger partial charge on any atom is 0.147 e. The first kappa shape index (κ1) is 13.8. The molecular formula is C17H18FN3. The van der Waals surface area contributed by atoms with Gasteiger partial charge in [0.05, 0.1) is 16.7 Å². The van der Waals surface area contributed by atoms with E-state index in [9.17, 15) is 4.39 Å². The first-order chi connectivity index (χ1) is 9.97. The third-order valence-corrected chi connectivity index (χ3v) is 3.92. The molecular weight excluding hydrogens is 265 g/mol. The third-order valence-electron chi connectivity index (χ3n) is 3.92. The van der Waals surface area contributed by atoms with E-state index in [1.165, 1.54) is 11.6 Å². The Balaban J connectivity index is 2.19. The number of fused-ring (bicyclic) bond motifs is 1. The number of aryl methyl sites for hydroxylation is 2. The molecule has 2 aromatic carbocycles. The van der Waals surface area contributed by atoms with Crippen LogP contribution in [0.3, 0.4) is 0 Å². The highest BCUT2D eigenvalue weighted by Crippen LogP contribution is 2.24. The number of halogens is 1. The molecule has 2 N–H and O–H groups in total. The Labute approximate surface area is 123 Å². The van der Waals surface area contributed by atoms with Crippen molar-refractivity contribution >= 4 is 11.0 Å². The highest BCUT2D eigenvalue weighted by Gasteiger charge is 2.12. The molecule has 0 radical (unpaired) electrons. The molecule has 3 rings (SSSR count). The van der Waals surface area contributed by atoms with Gasteiger partial charge in [-0.15, -0.1) is 0 Å². The van der Waals surface area contributed by atoms with E-state index < -0.39 is 0 Å². The Morgan fingerprint density at radius 1 is 1.14 bits per heavy atom. The van der Waals surface area contributed by atoms with Gasteiger partial charge < -0.3 is 5.73 Å². The number of nitrogens with zero attached hydrogens (tertiary/aromatic N) is 2. The standard InChI is InChI=1S/C17H18FN3/c1-10-6-15-17(7-11(10)2)21(9-20-15)16-5-4-13(12(3)19)8-14(16)18/h4-9,12H,19H2,1-3H3. The molecule has 108 valence electrons. The van der Waals surface area contributed by atoms with Gasteiger partial charge in [-0.25, -0.2) is 9.37 Å². The zero-order valence-electron chi connectivity index (χ0n) is 12.4. The summed E-state index contributed by atoms with van der Waals surface area (Å²) in [6.45, 7) is 5.93. The van der Waals surface area contributed by atoms with E-state index in [2.05, 4.69) is 4.98 Å². The summed E-state index contributed by atoms with van der Waals surface area (Å²) in [5.74, 6) is -0.290. The van der Waals surface area contributed by atoms with Gasteiger partial charge >= 0.3 is 0 Å². The van der Waals surface area contributed by atoms with Gasteiger partial charge in [-0.2, -0.15) is 0 Å². The van der Waals surface area contributed by atoms with E-state index in [1.54, 1.807) is 17.0 Å². The second kappa shape index (κ2) is 4.97. The fourth-order valence-corrected chi connectivity index (χ4v) is 2.46. The second-order valence-corrected chi connectivity index (χ2v) is 5.54. The summed E-state index contributed by atoms with van der Waals surface area (Å²) in [4.78, 5) is 4.37. The third kappa shape index (κ3) is 2.32. The fraction of sp³-hybridized carbons (Fsp3) is 0.235. The summed E-state index contributed by atoms with van der Waals surface area (Å²) >= 11 is 0. The number of benzene rings is 2. The molecule has 1 unspecified atom stereocenters. The molecule has 1 heterocycles. The van der Waals surface area contributed by atoms with E-state index >= 15 is 0 Å². The van der Waals surface area contributed by atoms with Crippen LogP contribution in [0, 0.1) is 19.7 Å². The van der Waals surface area contributed by atoms with E-state index in [1.807, 2.05) is 39.0 Å². The predicted molar refractivity (Wildman–Crippen MR) is 83.1 cm³/mol. The number of imidazole rings is 1. The first-order valence-electron chi connectivity index (χ1n) is 6.97. The van der Waals surface area contributed by atoms with E-state index in [0.717, 1.165) is 22.2 Å². The Kier molecular flexibility index (Phi) is 3.26. The minimum atomic E-state index is -0.290. The van der Waals surface area contributed by atoms with Crippen molar-refractivity contribution in [1.29, 1.82) is 0 Å². The highest BCUT2D eigenvalue weighted by atomic mass is 19.1. The Hall–Kier alpha value is -2.20. The molecule has 3 aromatic rings. The van der Waals surface area contributed by atoms with Gasteiger partial charge in [0.15, 0.2) is 0 Å². The molecule has 0 aliphatic carbocycles. The number of hydrogen-bond donors (Lipinski definition) is 1. The number of hydrogen-bond acceptors (Lipinski definition) is 2. The molecule has 0 saturated carbocycles. The van der Waals surface area contributed by atoms with Crippen molar-refractivity contribution in [2.75, 3.05) is 0 Å². The first-order valence-corrected chi connectivity index (χ1v) is 6.97.